The minimum absolute atomic E-state index is 0.0336. The lowest BCUT2D eigenvalue weighted by molar-refractivity contribution is -0.131. The lowest BCUT2D eigenvalue weighted by Crippen LogP contribution is -2.20. The molecule has 22 heavy (non-hydrogen) atoms. The Kier molecular flexibility index (Phi) is 3.55. The molecule has 112 valence electrons. The Balaban J connectivity index is 1.91. The van der Waals surface area contributed by atoms with Gasteiger partial charge in [-0.1, -0.05) is 12.1 Å². The van der Waals surface area contributed by atoms with Crippen LogP contribution in [0.1, 0.15) is 35.4 Å². The molecule has 2 aromatic rings. The first kappa shape index (κ1) is 14.1. The summed E-state index contributed by atoms with van der Waals surface area (Å²) in [4.78, 5) is 23.2. The number of aromatic hydroxyl groups is 1. The van der Waals surface area contributed by atoms with Crippen molar-refractivity contribution in [3.63, 3.8) is 0 Å². The summed E-state index contributed by atoms with van der Waals surface area (Å²) in [5.41, 5.74) is 1.28. The molecule has 0 radical (unpaired) electrons. The van der Waals surface area contributed by atoms with Crippen LogP contribution in [0.2, 0.25) is 0 Å². The molecular formula is C17H14O5. The minimum Gasteiger partial charge on any atom is -0.508 e. The van der Waals surface area contributed by atoms with Gasteiger partial charge in [0.15, 0.2) is 5.78 Å². The van der Waals surface area contributed by atoms with E-state index in [1.54, 1.807) is 42.5 Å². The molecule has 1 aliphatic heterocycles. The molecule has 1 N–H and O–H groups in total. The van der Waals surface area contributed by atoms with Gasteiger partial charge in [0.1, 0.15) is 23.4 Å². The Morgan fingerprint density at radius 1 is 1.23 bits per heavy atom. The van der Waals surface area contributed by atoms with E-state index < -0.39 is 12.1 Å². The van der Waals surface area contributed by atoms with E-state index in [1.165, 1.54) is 6.92 Å². The van der Waals surface area contributed by atoms with Gasteiger partial charge in [-0.2, -0.15) is 0 Å². The lowest BCUT2D eigenvalue weighted by Gasteiger charge is -2.25. The van der Waals surface area contributed by atoms with Crippen LogP contribution in [0, 0.1) is 0 Å². The average molecular weight is 298 g/mol. The molecule has 0 fully saturated rings. The van der Waals surface area contributed by atoms with Crippen LogP contribution in [0.5, 0.6) is 17.2 Å². The van der Waals surface area contributed by atoms with E-state index in [0.29, 0.717) is 17.1 Å². The SMILES string of the molecule is CC(=O)Oc1ccc2c(c1)OC(c1ccc(O)cc1)CC2=O. The van der Waals surface area contributed by atoms with Gasteiger partial charge in [0.2, 0.25) is 0 Å². The second-order valence-electron chi connectivity index (χ2n) is 5.08. The molecular weight excluding hydrogens is 284 g/mol. The molecule has 0 saturated heterocycles. The van der Waals surface area contributed by atoms with Crippen LogP contribution in [0.3, 0.4) is 0 Å². The molecule has 5 heteroatoms. The van der Waals surface area contributed by atoms with Gasteiger partial charge in [-0.05, 0) is 29.8 Å². The van der Waals surface area contributed by atoms with Crippen molar-refractivity contribution < 1.29 is 24.2 Å². The van der Waals surface area contributed by atoms with Crippen LogP contribution in [-0.4, -0.2) is 16.9 Å². The summed E-state index contributed by atoms with van der Waals surface area (Å²) in [6, 6.07) is 11.2. The Labute approximate surface area is 127 Å². The van der Waals surface area contributed by atoms with Crippen LogP contribution < -0.4 is 9.47 Å². The second-order valence-corrected chi connectivity index (χ2v) is 5.08. The smallest absolute Gasteiger partial charge is 0.308 e. The van der Waals surface area contributed by atoms with Gasteiger partial charge >= 0.3 is 5.97 Å². The first-order chi connectivity index (χ1) is 10.5. The fourth-order valence-corrected chi connectivity index (χ4v) is 2.41. The highest BCUT2D eigenvalue weighted by Crippen LogP contribution is 2.37. The number of carbonyl (C=O) groups excluding carboxylic acids is 2. The fourth-order valence-electron chi connectivity index (χ4n) is 2.41. The van der Waals surface area contributed by atoms with E-state index in [2.05, 4.69) is 0 Å². The zero-order valence-electron chi connectivity index (χ0n) is 11.9. The largest absolute Gasteiger partial charge is 0.508 e. The zero-order chi connectivity index (χ0) is 15.7. The molecule has 5 nitrogen and oxygen atoms in total. The van der Waals surface area contributed by atoms with Gasteiger partial charge in [0.05, 0.1) is 12.0 Å². The molecule has 0 saturated carbocycles. The summed E-state index contributed by atoms with van der Waals surface area (Å²) in [6.45, 7) is 1.31. The zero-order valence-corrected chi connectivity index (χ0v) is 11.9. The van der Waals surface area contributed by atoms with Gasteiger partial charge in [-0.15, -0.1) is 0 Å². The predicted octanol–water partition coefficient (Wildman–Crippen LogP) is 3.02. The van der Waals surface area contributed by atoms with Gasteiger partial charge in [0, 0.05) is 13.0 Å². The molecule has 0 aliphatic carbocycles. The number of carbonyl (C=O) groups is 2. The van der Waals surface area contributed by atoms with E-state index in [9.17, 15) is 14.7 Å². The standard InChI is InChI=1S/C17H14O5/c1-10(18)21-13-6-7-14-15(20)9-16(22-17(14)8-13)11-2-4-12(19)5-3-11/h2-8,16,19H,9H2,1H3. The molecule has 1 unspecified atom stereocenters. The Morgan fingerprint density at radius 3 is 2.64 bits per heavy atom. The van der Waals surface area contributed by atoms with E-state index in [1.807, 2.05) is 0 Å². The molecule has 0 spiro atoms. The first-order valence-electron chi connectivity index (χ1n) is 6.84. The Bertz CT molecular complexity index is 733. The molecule has 1 heterocycles. The van der Waals surface area contributed by atoms with E-state index in [0.717, 1.165) is 5.56 Å². The lowest BCUT2D eigenvalue weighted by atomic mass is 9.96. The van der Waals surface area contributed by atoms with Crippen molar-refractivity contribution in [2.24, 2.45) is 0 Å². The van der Waals surface area contributed by atoms with Crippen LogP contribution in [0.4, 0.5) is 0 Å². The van der Waals surface area contributed by atoms with Crippen molar-refractivity contribution in [3.05, 3.63) is 53.6 Å². The highest BCUT2D eigenvalue weighted by molar-refractivity contribution is 6.00. The molecule has 0 aromatic heterocycles. The summed E-state index contributed by atoms with van der Waals surface area (Å²) in [7, 11) is 0. The minimum atomic E-state index is -0.433. The van der Waals surface area contributed by atoms with Crippen LogP contribution in [0.15, 0.2) is 42.5 Å². The van der Waals surface area contributed by atoms with Crippen molar-refractivity contribution in [1.29, 1.82) is 0 Å². The highest BCUT2D eigenvalue weighted by atomic mass is 16.5. The molecule has 2 aromatic carbocycles. The number of Topliss-reactive ketones (excluding diaryl/α,β-unsaturated/α-hetero) is 1. The summed E-state index contributed by atoms with van der Waals surface area (Å²) in [5.74, 6) is 0.424. The second kappa shape index (κ2) is 5.52. The van der Waals surface area contributed by atoms with Crippen molar-refractivity contribution in [2.45, 2.75) is 19.4 Å². The number of ketones is 1. The van der Waals surface area contributed by atoms with Crippen LogP contribution in [0.25, 0.3) is 0 Å². The Hall–Kier alpha value is -2.82. The van der Waals surface area contributed by atoms with Gasteiger partial charge in [-0.3, -0.25) is 9.59 Å². The van der Waals surface area contributed by atoms with E-state index in [4.69, 9.17) is 9.47 Å². The van der Waals surface area contributed by atoms with E-state index >= 15 is 0 Å². The number of rotatable bonds is 2. The highest BCUT2D eigenvalue weighted by Gasteiger charge is 2.28. The van der Waals surface area contributed by atoms with Gasteiger partial charge in [0.25, 0.3) is 0 Å². The Morgan fingerprint density at radius 2 is 1.95 bits per heavy atom. The molecule has 0 amide bonds. The third-order valence-electron chi connectivity index (χ3n) is 3.42. The monoisotopic (exact) mass is 298 g/mol. The number of hydrogen-bond donors (Lipinski definition) is 1. The normalized spacial score (nSPS) is 16.6. The predicted molar refractivity (Wildman–Crippen MR) is 78.2 cm³/mol. The summed E-state index contributed by atoms with van der Waals surface area (Å²) < 4.78 is 10.9. The fraction of sp³-hybridized carbons (Fsp3) is 0.176. The number of hydrogen-bond acceptors (Lipinski definition) is 5. The third-order valence-corrected chi connectivity index (χ3v) is 3.42. The summed E-state index contributed by atoms with van der Waals surface area (Å²) in [6.07, 6.45) is -0.196. The van der Waals surface area contributed by atoms with Crippen molar-refractivity contribution in [2.75, 3.05) is 0 Å². The topological polar surface area (TPSA) is 72.8 Å². The number of phenolic OH excluding ortho intramolecular Hbond substituents is 1. The van der Waals surface area contributed by atoms with Gasteiger partial charge < -0.3 is 14.6 Å². The maximum absolute atomic E-state index is 12.2. The molecule has 1 atom stereocenters. The molecule has 3 rings (SSSR count). The van der Waals surface area contributed by atoms with Crippen LogP contribution in [-0.2, 0) is 4.79 Å². The maximum Gasteiger partial charge on any atom is 0.308 e. The number of phenols is 1. The van der Waals surface area contributed by atoms with Gasteiger partial charge in [-0.25, -0.2) is 0 Å². The number of ether oxygens (including phenoxy) is 2. The van der Waals surface area contributed by atoms with Crippen LogP contribution >= 0.6 is 0 Å². The van der Waals surface area contributed by atoms with Crippen molar-refractivity contribution in [1.82, 2.24) is 0 Å². The third kappa shape index (κ3) is 2.79. The number of benzene rings is 2. The number of fused-ring (bicyclic) bond motifs is 1. The van der Waals surface area contributed by atoms with Crippen molar-refractivity contribution in [3.8, 4) is 17.2 Å². The van der Waals surface area contributed by atoms with Crippen molar-refractivity contribution >= 4 is 11.8 Å². The summed E-state index contributed by atoms with van der Waals surface area (Å²) in [5, 5.41) is 9.33. The molecule has 1 aliphatic rings. The molecule has 0 bridgehead atoms. The maximum atomic E-state index is 12.2. The number of esters is 1. The average Bonchev–Trinajstić information content (AvgIpc) is 2.47. The summed E-state index contributed by atoms with van der Waals surface area (Å²) >= 11 is 0. The quantitative estimate of drug-likeness (QED) is 0.681. The van der Waals surface area contributed by atoms with E-state index in [-0.39, 0.29) is 18.0 Å². The first-order valence-corrected chi connectivity index (χ1v) is 6.84.